The Labute approximate surface area is 133 Å². The molecule has 1 atom stereocenters. The maximum Gasteiger partial charge on any atom is 0.124 e. The highest BCUT2D eigenvalue weighted by Gasteiger charge is 2.12. The van der Waals surface area contributed by atoms with Crippen molar-refractivity contribution in [1.82, 2.24) is 0 Å². The van der Waals surface area contributed by atoms with Crippen LogP contribution in [-0.4, -0.2) is 0 Å². The number of hydrogen-bond acceptors (Lipinski definition) is 1. The molecule has 0 radical (unpaired) electrons. The predicted molar refractivity (Wildman–Crippen MR) is 85.3 cm³/mol. The van der Waals surface area contributed by atoms with Crippen molar-refractivity contribution in [2.24, 2.45) is 0 Å². The van der Waals surface area contributed by atoms with Crippen molar-refractivity contribution in [1.29, 1.82) is 0 Å². The van der Waals surface area contributed by atoms with Gasteiger partial charge >= 0.3 is 0 Å². The molecular formula is C14H11Br2ClFN. The van der Waals surface area contributed by atoms with Gasteiger partial charge in [-0.05, 0) is 52.7 Å². The van der Waals surface area contributed by atoms with Crippen LogP contribution in [0.3, 0.4) is 0 Å². The molecule has 2 rings (SSSR count). The average molecular weight is 408 g/mol. The van der Waals surface area contributed by atoms with Gasteiger partial charge in [0.05, 0.1) is 15.2 Å². The molecule has 0 fully saturated rings. The summed E-state index contributed by atoms with van der Waals surface area (Å²) in [5.41, 5.74) is 1.88. The van der Waals surface area contributed by atoms with E-state index in [9.17, 15) is 4.39 Å². The Hall–Kier alpha value is -0.580. The number of hydrogen-bond donors (Lipinski definition) is 1. The molecular weight excluding hydrogens is 396 g/mol. The first-order valence-corrected chi connectivity index (χ1v) is 7.61. The van der Waals surface area contributed by atoms with E-state index in [0.717, 1.165) is 20.2 Å². The van der Waals surface area contributed by atoms with Crippen LogP contribution < -0.4 is 5.32 Å². The van der Waals surface area contributed by atoms with Gasteiger partial charge in [0.1, 0.15) is 5.82 Å². The van der Waals surface area contributed by atoms with Crippen LogP contribution in [0.1, 0.15) is 18.5 Å². The summed E-state index contributed by atoms with van der Waals surface area (Å²) in [6, 6.07) is 10.3. The highest BCUT2D eigenvalue weighted by Crippen LogP contribution is 2.33. The lowest BCUT2D eigenvalue weighted by Crippen LogP contribution is -2.08. The van der Waals surface area contributed by atoms with Gasteiger partial charge in [0.25, 0.3) is 0 Å². The van der Waals surface area contributed by atoms with E-state index in [4.69, 9.17) is 11.6 Å². The minimum atomic E-state index is -0.258. The molecule has 0 heterocycles. The quantitative estimate of drug-likeness (QED) is 0.641. The second-order valence-electron chi connectivity index (χ2n) is 4.13. The number of benzene rings is 2. The van der Waals surface area contributed by atoms with Gasteiger partial charge in [-0.25, -0.2) is 4.39 Å². The Morgan fingerprint density at radius 3 is 2.63 bits per heavy atom. The van der Waals surface area contributed by atoms with Gasteiger partial charge in [-0.3, -0.25) is 0 Å². The maximum absolute atomic E-state index is 13.1. The third-order valence-corrected chi connectivity index (χ3v) is 4.84. The average Bonchev–Trinajstić information content (AvgIpc) is 2.34. The van der Waals surface area contributed by atoms with Gasteiger partial charge < -0.3 is 5.32 Å². The fourth-order valence-electron chi connectivity index (χ4n) is 1.78. The summed E-state index contributed by atoms with van der Waals surface area (Å²) >= 11 is 12.9. The van der Waals surface area contributed by atoms with E-state index >= 15 is 0 Å². The van der Waals surface area contributed by atoms with Crippen LogP contribution in [0.25, 0.3) is 0 Å². The SMILES string of the molecule is CC(Nc1cccc(Cl)c1Br)c1ccc(F)cc1Br. The Kier molecular flexibility index (Phi) is 4.87. The van der Waals surface area contributed by atoms with E-state index in [1.165, 1.54) is 12.1 Å². The molecule has 1 N–H and O–H groups in total. The summed E-state index contributed by atoms with van der Waals surface area (Å²) in [6.07, 6.45) is 0. The monoisotopic (exact) mass is 405 g/mol. The summed E-state index contributed by atoms with van der Waals surface area (Å²) in [5.74, 6) is -0.258. The van der Waals surface area contributed by atoms with E-state index in [-0.39, 0.29) is 11.9 Å². The number of halogens is 4. The van der Waals surface area contributed by atoms with Crippen molar-refractivity contribution in [2.75, 3.05) is 5.32 Å². The molecule has 0 saturated carbocycles. The van der Waals surface area contributed by atoms with Crippen LogP contribution >= 0.6 is 43.5 Å². The van der Waals surface area contributed by atoms with Crippen LogP contribution in [0.15, 0.2) is 45.3 Å². The standard InChI is InChI=1S/C14H11Br2ClFN/c1-8(10-6-5-9(18)7-11(10)15)19-13-4-2-3-12(17)14(13)16/h2-8,19H,1H3. The molecule has 0 saturated heterocycles. The first-order valence-electron chi connectivity index (χ1n) is 5.64. The number of nitrogens with one attached hydrogen (secondary N) is 1. The van der Waals surface area contributed by atoms with E-state index in [1.54, 1.807) is 6.07 Å². The normalized spacial score (nSPS) is 12.3. The zero-order chi connectivity index (χ0) is 14.0. The lowest BCUT2D eigenvalue weighted by Gasteiger charge is -2.18. The van der Waals surface area contributed by atoms with E-state index in [2.05, 4.69) is 37.2 Å². The molecule has 5 heteroatoms. The molecule has 0 amide bonds. The van der Waals surface area contributed by atoms with E-state index in [0.29, 0.717) is 5.02 Å². The van der Waals surface area contributed by atoms with Gasteiger partial charge in [0.2, 0.25) is 0 Å². The third kappa shape index (κ3) is 3.50. The highest BCUT2D eigenvalue weighted by atomic mass is 79.9. The molecule has 0 aliphatic carbocycles. The van der Waals surface area contributed by atoms with Crippen molar-refractivity contribution in [3.63, 3.8) is 0 Å². The zero-order valence-corrected chi connectivity index (χ0v) is 14.0. The van der Waals surface area contributed by atoms with Gasteiger partial charge in [0, 0.05) is 10.5 Å². The largest absolute Gasteiger partial charge is 0.378 e. The van der Waals surface area contributed by atoms with Gasteiger partial charge in [0.15, 0.2) is 0 Å². The zero-order valence-electron chi connectivity index (χ0n) is 10.1. The summed E-state index contributed by atoms with van der Waals surface area (Å²) in [5, 5.41) is 3.99. The molecule has 0 spiro atoms. The second kappa shape index (κ2) is 6.25. The Bertz CT molecular complexity index is 604. The van der Waals surface area contributed by atoms with Gasteiger partial charge in [-0.1, -0.05) is 39.7 Å². The molecule has 1 nitrogen and oxygen atoms in total. The Morgan fingerprint density at radius 2 is 1.95 bits per heavy atom. The summed E-state index contributed by atoms with van der Waals surface area (Å²) < 4.78 is 14.6. The molecule has 100 valence electrons. The molecule has 19 heavy (non-hydrogen) atoms. The molecule has 2 aromatic carbocycles. The maximum atomic E-state index is 13.1. The highest BCUT2D eigenvalue weighted by molar-refractivity contribution is 9.11. The second-order valence-corrected chi connectivity index (χ2v) is 6.19. The Balaban J connectivity index is 2.25. The van der Waals surface area contributed by atoms with Crippen LogP contribution in [0.5, 0.6) is 0 Å². The van der Waals surface area contributed by atoms with Crippen LogP contribution in [0.4, 0.5) is 10.1 Å². The smallest absolute Gasteiger partial charge is 0.124 e. The first-order chi connectivity index (χ1) is 8.99. The minimum absolute atomic E-state index is 0.0183. The number of rotatable bonds is 3. The van der Waals surface area contributed by atoms with Crippen molar-refractivity contribution >= 4 is 49.1 Å². The topological polar surface area (TPSA) is 12.0 Å². The summed E-state index contributed by atoms with van der Waals surface area (Å²) in [7, 11) is 0. The van der Waals surface area contributed by atoms with Crippen molar-refractivity contribution < 1.29 is 4.39 Å². The molecule has 2 aromatic rings. The van der Waals surface area contributed by atoms with Gasteiger partial charge in [-0.2, -0.15) is 0 Å². The molecule has 1 unspecified atom stereocenters. The van der Waals surface area contributed by atoms with Gasteiger partial charge in [-0.15, -0.1) is 0 Å². The van der Waals surface area contributed by atoms with Crippen molar-refractivity contribution in [2.45, 2.75) is 13.0 Å². The van der Waals surface area contributed by atoms with Crippen LogP contribution in [0, 0.1) is 5.82 Å². The molecule has 0 aromatic heterocycles. The lowest BCUT2D eigenvalue weighted by atomic mass is 10.1. The molecule has 0 bridgehead atoms. The van der Waals surface area contributed by atoms with Crippen molar-refractivity contribution in [3.8, 4) is 0 Å². The van der Waals surface area contributed by atoms with Crippen molar-refractivity contribution in [3.05, 3.63) is 61.7 Å². The first kappa shape index (κ1) is 14.8. The van der Waals surface area contributed by atoms with Crippen LogP contribution in [-0.2, 0) is 0 Å². The lowest BCUT2D eigenvalue weighted by molar-refractivity contribution is 0.625. The minimum Gasteiger partial charge on any atom is -0.378 e. The third-order valence-electron chi connectivity index (χ3n) is 2.75. The molecule has 0 aliphatic rings. The molecule has 0 aliphatic heterocycles. The Morgan fingerprint density at radius 1 is 1.21 bits per heavy atom. The predicted octanol–water partition coefficient (Wildman–Crippen LogP) is 6.18. The fraction of sp³-hybridized carbons (Fsp3) is 0.143. The van der Waals surface area contributed by atoms with E-state index < -0.39 is 0 Å². The summed E-state index contributed by atoms with van der Waals surface area (Å²) in [4.78, 5) is 0. The van der Waals surface area contributed by atoms with E-state index in [1.807, 2.05) is 25.1 Å². The fourth-order valence-corrected chi connectivity index (χ4v) is 3.03. The van der Waals surface area contributed by atoms with Crippen LogP contribution in [0.2, 0.25) is 5.02 Å². The number of anilines is 1. The summed E-state index contributed by atoms with van der Waals surface area (Å²) in [6.45, 7) is 2.01.